The Kier molecular flexibility index (Phi) is 9.27. The predicted octanol–water partition coefficient (Wildman–Crippen LogP) is 3.80. The van der Waals surface area contributed by atoms with Crippen molar-refractivity contribution in [2.24, 2.45) is 16.0 Å². The number of phenolic OH excluding ortho intramolecular Hbond substituents is 1. The van der Waals surface area contributed by atoms with E-state index in [0.29, 0.717) is 6.07 Å². The maximum absolute atomic E-state index is 12.5. The number of carbonyl (C=O) groups is 1. The van der Waals surface area contributed by atoms with Crippen LogP contribution in [0.5, 0.6) is 5.75 Å². The second-order valence-corrected chi connectivity index (χ2v) is 14.5. The topological polar surface area (TPSA) is 305 Å². The summed E-state index contributed by atoms with van der Waals surface area (Å²) in [6.45, 7) is 1.48. The summed E-state index contributed by atoms with van der Waals surface area (Å²) in [6, 6.07) is 13.3. The van der Waals surface area contributed by atoms with Gasteiger partial charge in [-0.15, -0.1) is 10.2 Å². The quantitative estimate of drug-likeness (QED) is 0.0875. The van der Waals surface area contributed by atoms with Crippen molar-refractivity contribution in [1.82, 2.24) is 15.0 Å². The van der Waals surface area contributed by atoms with Gasteiger partial charge in [-0.1, -0.05) is 18.2 Å². The molecule has 0 saturated carbocycles. The van der Waals surface area contributed by atoms with E-state index < -0.39 is 73.2 Å². The smallest absolute Gasteiger partial charge is 0.296 e. The van der Waals surface area contributed by atoms with E-state index in [2.05, 4.69) is 30.5 Å². The first-order chi connectivity index (χ1) is 23.3. The van der Waals surface area contributed by atoms with Crippen LogP contribution in [0.15, 0.2) is 91.6 Å². The Morgan fingerprint density at radius 3 is 2.14 bits per heavy atom. The maximum Gasteiger partial charge on any atom is 0.296 e. The normalized spacial score (nSPS) is 12.3. The highest BCUT2D eigenvalue weighted by Crippen LogP contribution is 2.46. The fourth-order valence-electron chi connectivity index (χ4n) is 4.69. The SMILES string of the molecule is Cc1nc(Nc2ccc(S(=O)(=O)O)c3cc(S(=O)(=O)O)c(N=Nc4ccccc4C(N)=O)c(O)c23)nc(N(C)c2cccc(S(=O)(=O)O)c2)n1. The van der Waals surface area contributed by atoms with Crippen LogP contribution >= 0.6 is 0 Å². The predicted molar refractivity (Wildman–Crippen MR) is 177 cm³/mol. The number of hydrogen-bond donors (Lipinski definition) is 6. The van der Waals surface area contributed by atoms with E-state index in [0.717, 1.165) is 18.2 Å². The molecule has 0 unspecified atom stereocenters. The van der Waals surface area contributed by atoms with Crippen LogP contribution in [0, 0.1) is 6.92 Å². The zero-order valence-electron chi connectivity index (χ0n) is 25.5. The van der Waals surface area contributed by atoms with Crippen molar-refractivity contribution in [2.45, 2.75) is 21.6 Å². The van der Waals surface area contributed by atoms with Crippen LogP contribution in [0.4, 0.5) is 34.6 Å². The number of primary amides is 1. The van der Waals surface area contributed by atoms with E-state index in [1.54, 1.807) is 0 Å². The molecule has 50 heavy (non-hydrogen) atoms. The highest BCUT2D eigenvalue weighted by atomic mass is 32.2. The van der Waals surface area contributed by atoms with E-state index in [-0.39, 0.29) is 40.3 Å². The van der Waals surface area contributed by atoms with Gasteiger partial charge in [0.1, 0.15) is 21.3 Å². The Morgan fingerprint density at radius 2 is 1.50 bits per heavy atom. The zero-order chi connectivity index (χ0) is 36.8. The first-order valence-corrected chi connectivity index (χ1v) is 18.0. The monoisotopic (exact) mass is 744 g/mol. The largest absolute Gasteiger partial charge is 0.505 e. The number of fused-ring (bicyclic) bond motifs is 1. The van der Waals surface area contributed by atoms with Gasteiger partial charge in [0.25, 0.3) is 36.3 Å². The number of nitrogens with one attached hydrogen (secondary N) is 1. The van der Waals surface area contributed by atoms with Crippen LogP contribution in [0.25, 0.3) is 10.8 Å². The van der Waals surface area contributed by atoms with Gasteiger partial charge in [0.15, 0.2) is 5.75 Å². The molecule has 5 rings (SSSR count). The molecule has 0 bridgehead atoms. The molecule has 1 heterocycles. The number of phenols is 1. The third-order valence-electron chi connectivity index (χ3n) is 6.94. The van der Waals surface area contributed by atoms with Gasteiger partial charge in [-0.05, 0) is 55.5 Å². The highest BCUT2D eigenvalue weighted by Gasteiger charge is 2.28. The molecule has 0 aliphatic carbocycles. The molecule has 0 saturated heterocycles. The first kappa shape index (κ1) is 35.7. The lowest BCUT2D eigenvalue weighted by atomic mass is 10.1. The molecule has 0 aliphatic heterocycles. The third kappa shape index (κ3) is 7.34. The van der Waals surface area contributed by atoms with Crippen LogP contribution in [0.1, 0.15) is 16.2 Å². The lowest BCUT2D eigenvalue weighted by Gasteiger charge is -2.19. The molecule has 7 N–H and O–H groups in total. The first-order valence-electron chi connectivity index (χ1n) is 13.6. The zero-order valence-corrected chi connectivity index (χ0v) is 27.9. The number of nitrogens with zero attached hydrogens (tertiary/aromatic N) is 6. The number of nitrogens with two attached hydrogens (primary N) is 1. The summed E-state index contributed by atoms with van der Waals surface area (Å²) in [7, 11) is -13.4. The van der Waals surface area contributed by atoms with Crippen LogP contribution in [-0.4, -0.2) is 71.9 Å². The third-order valence-corrected chi connectivity index (χ3v) is 9.57. The second kappa shape index (κ2) is 13.0. The van der Waals surface area contributed by atoms with E-state index in [9.17, 15) is 48.8 Å². The number of aromatic nitrogens is 3. The number of benzene rings is 4. The Hall–Kier alpha value is -5.65. The molecule has 0 atom stereocenters. The molecule has 1 amide bonds. The van der Waals surface area contributed by atoms with Crippen LogP contribution in [0.2, 0.25) is 0 Å². The Balaban J connectivity index is 1.71. The van der Waals surface area contributed by atoms with Crippen molar-refractivity contribution in [3.8, 4) is 5.75 Å². The van der Waals surface area contributed by atoms with Crippen molar-refractivity contribution in [3.05, 3.63) is 78.1 Å². The summed E-state index contributed by atoms with van der Waals surface area (Å²) >= 11 is 0. The molecule has 22 heteroatoms. The molecule has 0 aliphatic rings. The van der Waals surface area contributed by atoms with Crippen molar-refractivity contribution in [3.63, 3.8) is 0 Å². The molecular weight excluding hydrogens is 721 g/mol. The van der Waals surface area contributed by atoms with Crippen LogP contribution < -0.4 is 16.0 Å². The van der Waals surface area contributed by atoms with Gasteiger partial charge in [0.05, 0.1) is 27.2 Å². The number of aryl methyl sites for hydroxylation is 1. The van der Waals surface area contributed by atoms with Crippen molar-refractivity contribution in [1.29, 1.82) is 0 Å². The Labute approximate surface area is 283 Å². The molecule has 0 fully saturated rings. The van der Waals surface area contributed by atoms with Gasteiger partial charge in [0, 0.05) is 18.1 Å². The van der Waals surface area contributed by atoms with Gasteiger partial charge in [-0.3, -0.25) is 18.5 Å². The molecule has 0 radical (unpaired) electrons. The van der Waals surface area contributed by atoms with Crippen LogP contribution in [-0.2, 0) is 30.4 Å². The number of amides is 1. The number of rotatable bonds is 10. The van der Waals surface area contributed by atoms with E-state index in [4.69, 9.17) is 5.73 Å². The molecule has 19 nitrogen and oxygen atoms in total. The average molecular weight is 745 g/mol. The lowest BCUT2D eigenvalue weighted by molar-refractivity contribution is 0.100. The standard InChI is InChI=1S/C28H24N8O11S3/c1-14-30-27(33-28(31-14)36(2)15-6-5-7-16(12-15)48(39,40)41)32-20-10-11-21(49(42,43)44)18-13-22(50(45,46)47)24(25(37)23(18)20)35-34-19-9-4-3-8-17(19)26(29)38/h3-13,37H,1-2H3,(H2,29,38)(H,39,40,41)(H,42,43,44)(H,45,46,47)(H,30,31,32,33). The summed E-state index contributed by atoms with van der Waals surface area (Å²) in [4.78, 5) is 23.5. The summed E-state index contributed by atoms with van der Waals surface area (Å²) in [5.41, 5.74) is 4.27. The summed E-state index contributed by atoms with van der Waals surface area (Å²) in [5, 5.41) is 20.8. The fourth-order valence-corrected chi connectivity index (χ4v) is 6.54. The van der Waals surface area contributed by atoms with E-state index >= 15 is 0 Å². The molecule has 4 aromatic carbocycles. The molecule has 5 aromatic rings. The number of carbonyl (C=O) groups excluding carboxylic acids is 1. The lowest BCUT2D eigenvalue weighted by Crippen LogP contribution is -2.16. The Morgan fingerprint density at radius 1 is 0.820 bits per heavy atom. The fraction of sp³-hybridized carbons (Fsp3) is 0.0714. The van der Waals surface area contributed by atoms with E-state index in [1.807, 2.05) is 0 Å². The summed E-state index contributed by atoms with van der Waals surface area (Å²) in [6.07, 6.45) is 0. The minimum absolute atomic E-state index is 0.0492. The van der Waals surface area contributed by atoms with Gasteiger partial charge < -0.3 is 21.1 Å². The Bertz CT molecular complexity index is 2580. The summed E-state index contributed by atoms with van der Waals surface area (Å²) < 4.78 is 102. The number of azo groups is 1. The van der Waals surface area contributed by atoms with Crippen molar-refractivity contribution >= 4 is 81.7 Å². The number of aromatic hydroxyl groups is 1. The van der Waals surface area contributed by atoms with Gasteiger partial charge >= 0.3 is 0 Å². The van der Waals surface area contributed by atoms with E-state index in [1.165, 1.54) is 61.3 Å². The molecule has 1 aromatic heterocycles. The van der Waals surface area contributed by atoms with Crippen LogP contribution in [0.3, 0.4) is 0 Å². The number of anilines is 4. The minimum atomic E-state index is -5.27. The number of hydrogen-bond acceptors (Lipinski definition) is 15. The van der Waals surface area contributed by atoms with Crippen molar-refractivity contribution < 1.29 is 48.8 Å². The summed E-state index contributed by atoms with van der Waals surface area (Å²) in [5.74, 6) is -2.11. The molecular formula is C28H24N8O11S3. The average Bonchev–Trinajstić information content (AvgIpc) is 3.02. The highest BCUT2D eigenvalue weighted by molar-refractivity contribution is 7.86. The van der Waals surface area contributed by atoms with Gasteiger partial charge in [0.2, 0.25) is 11.9 Å². The second-order valence-electron chi connectivity index (χ2n) is 10.3. The molecule has 260 valence electrons. The van der Waals surface area contributed by atoms with Gasteiger partial charge in [-0.25, -0.2) is 0 Å². The molecule has 0 spiro atoms. The minimum Gasteiger partial charge on any atom is -0.505 e. The van der Waals surface area contributed by atoms with Crippen molar-refractivity contribution in [2.75, 3.05) is 17.3 Å². The van der Waals surface area contributed by atoms with Gasteiger partial charge in [-0.2, -0.15) is 40.2 Å². The maximum atomic E-state index is 12.5.